The molecule has 22 heavy (non-hydrogen) atoms. The highest BCUT2D eigenvalue weighted by Gasteiger charge is 2.06. The molecule has 0 spiro atoms. The summed E-state index contributed by atoms with van der Waals surface area (Å²) in [7, 11) is 3.32. The van der Waals surface area contributed by atoms with Gasteiger partial charge in [-0.2, -0.15) is 0 Å². The van der Waals surface area contributed by atoms with Gasteiger partial charge in [-0.05, 0) is 52.5 Å². The molecule has 2 aromatic rings. The maximum Gasteiger partial charge on any atom is 0.152 e. The molecule has 0 fully saturated rings. The molecule has 0 saturated carbocycles. The van der Waals surface area contributed by atoms with Crippen LogP contribution in [0.3, 0.4) is 0 Å². The van der Waals surface area contributed by atoms with E-state index in [1.54, 1.807) is 21.6 Å². The van der Waals surface area contributed by atoms with Gasteiger partial charge < -0.3 is 4.55 Å². The second-order valence-corrected chi connectivity index (χ2v) is 8.89. The first-order chi connectivity index (χ1) is 10.7. The zero-order valence-electron chi connectivity index (χ0n) is 11.6. The third kappa shape index (κ3) is 6.11. The van der Waals surface area contributed by atoms with E-state index in [9.17, 15) is 4.55 Å². The molecule has 0 heterocycles. The van der Waals surface area contributed by atoms with Gasteiger partial charge in [0, 0.05) is 5.75 Å². The van der Waals surface area contributed by atoms with Gasteiger partial charge in [-0.25, -0.2) is 0 Å². The van der Waals surface area contributed by atoms with E-state index in [-0.39, 0.29) is 0 Å². The average molecular weight is 389 g/mol. The molecule has 2 rings (SSSR count). The van der Waals surface area contributed by atoms with Crippen LogP contribution < -0.4 is 0 Å². The average Bonchev–Trinajstić information content (AvgIpc) is 2.54. The second-order valence-electron chi connectivity index (χ2n) is 4.30. The lowest BCUT2D eigenvalue weighted by molar-refractivity contribution is 0.598. The Bertz CT molecular complexity index is 620. The molecule has 1 nitrogen and oxygen atoms in total. The highest BCUT2D eigenvalue weighted by Crippen LogP contribution is 2.30. The van der Waals surface area contributed by atoms with Crippen LogP contribution in [0.1, 0.15) is 5.56 Å². The zero-order valence-corrected chi connectivity index (χ0v) is 15.5. The van der Waals surface area contributed by atoms with Crippen LogP contribution in [0.4, 0.5) is 0 Å². The Labute approximate surface area is 152 Å². The zero-order chi connectivity index (χ0) is 15.8. The highest BCUT2D eigenvalue weighted by molar-refractivity contribution is 8.77. The second kappa shape index (κ2) is 9.81. The van der Waals surface area contributed by atoms with Gasteiger partial charge in [0.1, 0.15) is 5.75 Å². The predicted molar refractivity (Wildman–Crippen MR) is 102 cm³/mol. The van der Waals surface area contributed by atoms with Crippen LogP contribution in [-0.4, -0.2) is 10.3 Å². The summed E-state index contributed by atoms with van der Waals surface area (Å²) in [5.74, 6) is 1.37. The summed E-state index contributed by atoms with van der Waals surface area (Å²) in [5.41, 5.74) is 1.13. The largest absolute Gasteiger partial charge is 0.611 e. The van der Waals surface area contributed by atoms with E-state index in [4.69, 9.17) is 23.2 Å². The minimum absolute atomic E-state index is 0.532. The molecule has 1 atom stereocenters. The molecule has 0 amide bonds. The van der Waals surface area contributed by atoms with Gasteiger partial charge in [-0.1, -0.05) is 69.1 Å². The van der Waals surface area contributed by atoms with Crippen LogP contribution in [0.25, 0.3) is 0 Å². The van der Waals surface area contributed by atoms with Crippen molar-refractivity contribution >= 4 is 56.0 Å². The van der Waals surface area contributed by atoms with Crippen molar-refractivity contribution < 1.29 is 4.55 Å². The van der Waals surface area contributed by atoms with E-state index in [0.29, 0.717) is 15.8 Å². The molecule has 0 bridgehead atoms. The molecule has 0 aliphatic heterocycles. The van der Waals surface area contributed by atoms with E-state index in [0.717, 1.165) is 16.2 Å². The monoisotopic (exact) mass is 388 g/mol. The lowest BCUT2D eigenvalue weighted by atomic mass is 10.2. The third-order valence-corrected chi connectivity index (χ3v) is 6.70. The summed E-state index contributed by atoms with van der Waals surface area (Å²) in [4.78, 5) is 0.862. The van der Waals surface area contributed by atoms with Crippen molar-refractivity contribution in [2.45, 2.75) is 10.6 Å². The Morgan fingerprint density at radius 3 is 2.55 bits per heavy atom. The summed E-state index contributed by atoms with van der Waals surface area (Å²) < 4.78 is 12.0. The lowest BCUT2D eigenvalue weighted by Crippen LogP contribution is -2.03. The number of benzene rings is 2. The standard InChI is InChI=1S/C16H14Cl2OS3/c17-15-8-7-13(11-16(15)18)12-21-20-9-4-10-22(19)14-5-2-1-3-6-14/h1-9,11H,10,12H2/b9-4+. The molecule has 0 aromatic heterocycles. The first kappa shape index (κ1) is 18.1. The van der Waals surface area contributed by atoms with Crippen molar-refractivity contribution in [1.82, 2.24) is 0 Å². The maximum absolute atomic E-state index is 12.0. The molecule has 0 N–H and O–H groups in total. The van der Waals surface area contributed by atoms with Crippen molar-refractivity contribution in [3.63, 3.8) is 0 Å². The van der Waals surface area contributed by atoms with Crippen molar-refractivity contribution in [3.8, 4) is 0 Å². The van der Waals surface area contributed by atoms with Crippen molar-refractivity contribution in [2.75, 3.05) is 5.75 Å². The number of hydrogen-bond acceptors (Lipinski definition) is 3. The van der Waals surface area contributed by atoms with Crippen LogP contribution in [0.15, 0.2) is 64.9 Å². The topological polar surface area (TPSA) is 23.1 Å². The molecule has 0 aliphatic carbocycles. The molecule has 6 heteroatoms. The first-order valence-corrected chi connectivity index (χ1v) is 10.9. The third-order valence-electron chi connectivity index (χ3n) is 2.68. The van der Waals surface area contributed by atoms with Crippen molar-refractivity contribution in [2.24, 2.45) is 0 Å². The molecule has 1 unspecified atom stereocenters. The van der Waals surface area contributed by atoms with Crippen molar-refractivity contribution in [3.05, 3.63) is 75.6 Å². The van der Waals surface area contributed by atoms with Crippen LogP contribution in [0.5, 0.6) is 0 Å². The van der Waals surface area contributed by atoms with Crippen molar-refractivity contribution in [1.29, 1.82) is 0 Å². The minimum Gasteiger partial charge on any atom is -0.611 e. The van der Waals surface area contributed by atoms with Gasteiger partial charge >= 0.3 is 0 Å². The van der Waals surface area contributed by atoms with Crippen LogP contribution in [0.2, 0.25) is 10.0 Å². The Morgan fingerprint density at radius 1 is 1.05 bits per heavy atom. The summed E-state index contributed by atoms with van der Waals surface area (Å²) in [6.45, 7) is 0. The lowest BCUT2D eigenvalue weighted by Gasteiger charge is -2.07. The fourth-order valence-corrected chi connectivity index (χ4v) is 4.69. The van der Waals surface area contributed by atoms with Crippen LogP contribution in [-0.2, 0) is 16.9 Å². The number of halogens is 2. The Balaban J connectivity index is 1.69. The fourth-order valence-electron chi connectivity index (χ4n) is 1.61. The number of rotatable bonds is 7. The fraction of sp³-hybridized carbons (Fsp3) is 0.125. The van der Waals surface area contributed by atoms with Gasteiger partial charge in [0.2, 0.25) is 0 Å². The SMILES string of the molecule is [O-][S+](C/C=C/SSCc1ccc(Cl)c(Cl)c1)c1ccccc1. The van der Waals surface area contributed by atoms with Crippen LogP contribution >= 0.6 is 44.8 Å². The quantitative estimate of drug-likeness (QED) is 0.320. The summed E-state index contributed by atoms with van der Waals surface area (Å²) in [6, 6.07) is 15.2. The van der Waals surface area contributed by atoms with E-state index < -0.39 is 11.2 Å². The number of hydrogen-bond donors (Lipinski definition) is 0. The summed E-state index contributed by atoms with van der Waals surface area (Å²) in [5, 5.41) is 3.13. The molecule has 0 aliphatic rings. The van der Waals surface area contributed by atoms with Gasteiger partial charge in [0.15, 0.2) is 4.90 Å². The molecule has 0 saturated heterocycles. The Hall–Kier alpha value is -0.230. The maximum atomic E-state index is 12.0. The molecule has 2 aromatic carbocycles. The molecule has 0 radical (unpaired) electrons. The minimum atomic E-state index is -0.972. The predicted octanol–water partition coefficient (Wildman–Crippen LogP) is 6.20. The van der Waals surface area contributed by atoms with E-state index in [1.165, 1.54) is 0 Å². The Morgan fingerprint density at radius 2 is 1.82 bits per heavy atom. The van der Waals surface area contributed by atoms with E-state index in [1.807, 2.05) is 60.0 Å². The summed E-state index contributed by atoms with van der Waals surface area (Å²) in [6.07, 6.45) is 1.94. The van der Waals surface area contributed by atoms with Gasteiger partial charge in [-0.15, -0.1) is 0 Å². The van der Waals surface area contributed by atoms with Gasteiger partial charge in [0.25, 0.3) is 0 Å². The van der Waals surface area contributed by atoms with Crippen LogP contribution in [0, 0.1) is 0 Å². The molecular weight excluding hydrogens is 375 g/mol. The van der Waals surface area contributed by atoms with E-state index in [2.05, 4.69) is 0 Å². The Kier molecular flexibility index (Phi) is 8.08. The first-order valence-electron chi connectivity index (χ1n) is 6.47. The smallest absolute Gasteiger partial charge is 0.152 e. The van der Waals surface area contributed by atoms with Gasteiger partial charge in [0.05, 0.1) is 10.0 Å². The van der Waals surface area contributed by atoms with Gasteiger partial charge in [-0.3, -0.25) is 0 Å². The van der Waals surface area contributed by atoms with E-state index >= 15 is 0 Å². The normalized spacial score (nSPS) is 12.7. The molecular formula is C16H14Cl2OS3. The molecule has 116 valence electrons. The summed E-state index contributed by atoms with van der Waals surface area (Å²) >= 11 is 10.9. The highest BCUT2D eigenvalue weighted by atomic mass is 35.5.